The van der Waals surface area contributed by atoms with Gasteiger partial charge in [0.05, 0.1) is 24.5 Å². The molecule has 1 atom stereocenters. The first-order valence-corrected chi connectivity index (χ1v) is 11.3. The van der Waals surface area contributed by atoms with Crippen molar-refractivity contribution in [3.63, 3.8) is 0 Å². The quantitative estimate of drug-likeness (QED) is 0.201. The van der Waals surface area contributed by atoms with Gasteiger partial charge in [0, 0.05) is 17.8 Å². The molecule has 33 heavy (non-hydrogen) atoms. The molecule has 3 aromatic rings. The number of H-pyrrole nitrogens is 1. The summed E-state index contributed by atoms with van der Waals surface area (Å²) in [6.45, 7) is 4.09. The number of carbonyl (C=O) groups is 2. The summed E-state index contributed by atoms with van der Waals surface area (Å²) < 4.78 is 16.7. The highest BCUT2D eigenvalue weighted by Crippen LogP contribution is 2.21. The van der Waals surface area contributed by atoms with Gasteiger partial charge >= 0.3 is 16.6 Å². The van der Waals surface area contributed by atoms with E-state index in [1.54, 1.807) is 62.6 Å². The number of amides is 1. The molecule has 0 spiro atoms. The molecule has 2 aromatic carbocycles. The van der Waals surface area contributed by atoms with Gasteiger partial charge in [-0.3, -0.25) is 9.32 Å². The first kappa shape index (κ1) is 24.1. The molecule has 1 heterocycles. The van der Waals surface area contributed by atoms with Crippen molar-refractivity contribution in [1.82, 2.24) is 5.27 Å². The molecular weight excluding hydrogens is 446 g/mol. The van der Waals surface area contributed by atoms with Crippen LogP contribution in [0.5, 0.6) is 5.75 Å². The number of carbonyl (C=O) groups excluding carboxylic acids is 2. The van der Waals surface area contributed by atoms with Gasteiger partial charge in [-0.05, 0) is 71.5 Å². The predicted octanol–water partition coefficient (Wildman–Crippen LogP) is 3.33. The first-order chi connectivity index (χ1) is 15.9. The SMILES string of the molecule is CCCCOC(=O)c1ccc(NC(=O)C(C)Sc2c(=O)o[nH][n+]2-c2ccc(OC)cc2)cc1. The van der Waals surface area contributed by atoms with Gasteiger partial charge in [-0.2, -0.15) is 0 Å². The lowest BCUT2D eigenvalue weighted by Gasteiger charge is -2.10. The highest BCUT2D eigenvalue weighted by atomic mass is 32.2. The lowest BCUT2D eigenvalue weighted by Crippen LogP contribution is -2.37. The molecule has 0 saturated carbocycles. The fourth-order valence-corrected chi connectivity index (χ4v) is 3.70. The Kier molecular flexibility index (Phi) is 8.31. The summed E-state index contributed by atoms with van der Waals surface area (Å²) in [6, 6.07) is 13.5. The monoisotopic (exact) mass is 472 g/mol. The van der Waals surface area contributed by atoms with Crippen molar-refractivity contribution in [2.75, 3.05) is 19.0 Å². The number of ether oxygens (including phenoxy) is 2. The largest absolute Gasteiger partial charge is 0.497 e. The van der Waals surface area contributed by atoms with Crippen molar-refractivity contribution in [3.05, 3.63) is 64.5 Å². The van der Waals surface area contributed by atoms with E-state index in [2.05, 4.69) is 10.6 Å². The standard InChI is InChI=1S/C23H25N3O6S/c1-4-5-14-31-22(28)16-6-8-17(9-7-16)24-20(27)15(2)33-21-23(29)32-25-26(21)18-10-12-19(30-3)13-11-18/h6-13,15H,4-5,14H2,1-3H3,(H-,24,25,27,28,29)/p+1. The molecule has 0 radical (unpaired) electrons. The molecule has 1 aromatic heterocycles. The van der Waals surface area contributed by atoms with Gasteiger partial charge in [0.2, 0.25) is 11.6 Å². The minimum absolute atomic E-state index is 0.230. The number of rotatable bonds is 10. The summed E-state index contributed by atoms with van der Waals surface area (Å²) in [5.74, 6) is -0.0277. The number of aromatic amines is 1. The van der Waals surface area contributed by atoms with E-state index in [1.165, 1.54) is 4.68 Å². The Hall–Kier alpha value is -3.53. The normalized spacial score (nSPS) is 11.6. The second kappa shape index (κ2) is 11.4. The summed E-state index contributed by atoms with van der Waals surface area (Å²) in [7, 11) is 1.57. The van der Waals surface area contributed by atoms with Crippen molar-refractivity contribution in [2.45, 2.75) is 37.0 Å². The molecule has 0 aliphatic heterocycles. The molecule has 174 valence electrons. The van der Waals surface area contributed by atoms with Crippen molar-refractivity contribution in [3.8, 4) is 11.4 Å². The van der Waals surface area contributed by atoms with Gasteiger partial charge in [-0.15, -0.1) is 0 Å². The zero-order valence-corrected chi connectivity index (χ0v) is 19.4. The van der Waals surface area contributed by atoms with Gasteiger partial charge in [0.25, 0.3) is 0 Å². The van der Waals surface area contributed by atoms with E-state index >= 15 is 0 Å². The van der Waals surface area contributed by atoms with Crippen LogP contribution in [0.1, 0.15) is 37.0 Å². The Bertz CT molecular complexity index is 1140. The second-order valence-electron chi connectivity index (χ2n) is 7.14. The van der Waals surface area contributed by atoms with Crippen molar-refractivity contribution >= 4 is 29.3 Å². The van der Waals surface area contributed by atoms with Crippen LogP contribution in [0.4, 0.5) is 5.69 Å². The molecule has 0 fully saturated rings. The Labute approximate surface area is 195 Å². The molecule has 0 saturated heterocycles. The fourth-order valence-electron chi connectivity index (χ4n) is 2.81. The third-order valence-corrected chi connectivity index (χ3v) is 5.85. The van der Waals surface area contributed by atoms with Crippen molar-refractivity contribution < 1.29 is 28.3 Å². The third kappa shape index (κ3) is 6.26. The van der Waals surface area contributed by atoms with Crippen LogP contribution < -0.4 is 20.4 Å². The minimum Gasteiger partial charge on any atom is -0.497 e. The third-order valence-electron chi connectivity index (χ3n) is 4.71. The van der Waals surface area contributed by atoms with E-state index < -0.39 is 16.8 Å². The minimum atomic E-state index is -0.605. The highest BCUT2D eigenvalue weighted by molar-refractivity contribution is 8.00. The number of nitrogens with one attached hydrogen (secondary N) is 2. The first-order valence-electron chi connectivity index (χ1n) is 10.5. The van der Waals surface area contributed by atoms with E-state index in [-0.39, 0.29) is 10.9 Å². The lowest BCUT2D eigenvalue weighted by atomic mass is 10.2. The Balaban J connectivity index is 1.64. The number of esters is 1. The number of aromatic nitrogens is 2. The molecule has 1 amide bonds. The van der Waals surface area contributed by atoms with Crippen LogP contribution in [0, 0.1) is 0 Å². The zero-order valence-electron chi connectivity index (χ0n) is 18.6. The maximum atomic E-state index is 12.7. The van der Waals surface area contributed by atoms with Gasteiger partial charge in [-0.25, -0.2) is 9.59 Å². The number of benzene rings is 2. The average molecular weight is 473 g/mol. The smallest absolute Gasteiger partial charge is 0.442 e. The average Bonchev–Trinajstić information content (AvgIpc) is 3.19. The Morgan fingerprint density at radius 1 is 1.15 bits per heavy atom. The summed E-state index contributed by atoms with van der Waals surface area (Å²) in [4.78, 5) is 36.9. The maximum Gasteiger partial charge on any atom is 0.442 e. The number of anilines is 1. The van der Waals surface area contributed by atoms with Gasteiger partial charge < -0.3 is 14.8 Å². The summed E-state index contributed by atoms with van der Waals surface area (Å²) >= 11 is 1.06. The predicted molar refractivity (Wildman–Crippen MR) is 123 cm³/mol. The number of hydrogen-bond donors (Lipinski definition) is 2. The molecule has 3 rings (SSSR count). The Morgan fingerprint density at radius 3 is 2.48 bits per heavy atom. The van der Waals surface area contributed by atoms with Crippen LogP contribution in [-0.4, -0.2) is 36.1 Å². The van der Waals surface area contributed by atoms with Crippen molar-refractivity contribution in [2.24, 2.45) is 0 Å². The zero-order chi connectivity index (χ0) is 23.8. The molecule has 0 bridgehead atoms. The molecule has 2 N–H and O–H groups in total. The van der Waals surface area contributed by atoms with E-state index in [4.69, 9.17) is 14.0 Å². The van der Waals surface area contributed by atoms with Crippen LogP contribution >= 0.6 is 11.8 Å². The summed E-state index contributed by atoms with van der Waals surface area (Å²) in [6.07, 6.45) is 1.76. The topological polar surface area (TPSA) is 115 Å². The van der Waals surface area contributed by atoms with E-state index in [0.717, 1.165) is 24.6 Å². The molecule has 9 nitrogen and oxygen atoms in total. The number of methoxy groups -OCH3 is 1. The van der Waals surface area contributed by atoms with Crippen LogP contribution in [0.3, 0.4) is 0 Å². The van der Waals surface area contributed by atoms with Gasteiger partial charge in [0.1, 0.15) is 5.75 Å². The van der Waals surface area contributed by atoms with Crippen LogP contribution in [-0.2, 0) is 9.53 Å². The maximum absolute atomic E-state index is 12.7. The highest BCUT2D eigenvalue weighted by Gasteiger charge is 2.29. The number of thioether (sulfide) groups is 1. The van der Waals surface area contributed by atoms with E-state index in [0.29, 0.717) is 29.3 Å². The molecular formula is C23H26N3O6S+. The molecule has 10 heteroatoms. The fraction of sp³-hybridized carbons (Fsp3) is 0.304. The molecule has 0 aliphatic rings. The van der Waals surface area contributed by atoms with Crippen molar-refractivity contribution in [1.29, 1.82) is 0 Å². The second-order valence-corrected chi connectivity index (χ2v) is 8.47. The summed E-state index contributed by atoms with van der Waals surface area (Å²) in [5, 5.41) is 4.96. The van der Waals surface area contributed by atoms with Gasteiger partial charge in [-0.1, -0.05) is 13.3 Å². The van der Waals surface area contributed by atoms with Crippen LogP contribution in [0.25, 0.3) is 5.69 Å². The van der Waals surface area contributed by atoms with E-state index in [1.807, 2.05) is 6.92 Å². The summed E-state index contributed by atoms with van der Waals surface area (Å²) in [5.41, 5.74) is 1.01. The van der Waals surface area contributed by atoms with Crippen LogP contribution in [0.15, 0.2) is 62.9 Å². The number of hydrogen-bond acceptors (Lipinski definition) is 7. The molecule has 1 unspecified atom stereocenters. The number of nitrogens with zero attached hydrogens (tertiary/aromatic N) is 1. The lowest BCUT2D eigenvalue weighted by molar-refractivity contribution is -0.704. The Morgan fingerprint density at radius 2 is 1.85 bits per heavy atom. The van der Waals surface area contributed by atoms with E-state index in [9.17, 15) is 14.4 Å². The molecule has 0 aliphatic carbocycles. The van der Waals surface area contributed by atoms with Crippen LogP contribution in [0.2, 0.25) is 0 Å². The number of unbranched alkanes of at least 4 members (excludes halogenated alkanes) is 1. The van der Waals surface area contributed by atoms with Gasteiger partial charge in [0.15, 0.2) is 0 Å².